The number of methoxy groups -OCH3 is 1. The number of rotatable bonds is 7. The van der Waals surface area contributed by atoms with Crippen LogP contribution in [0.5, 0.6) is 5.75 Å². The third-order valence-electron chi connectivity index (χ3n) is 3.28. The van der Waals surface area contributed by atoms with Crippen molar-refractivity contribution in [3.8, 4) is 5.75 Å². The van der Waals surface area contributed by atoms with Gasteiger partial charge in [-0.1, -0.05) is 13.8 Å². The molecule has 0 fully saturated rings. The molecule has 0 atom stereocenters. The lowest BCUT2D eigenvalue weighted by molar-refractivity contribution is 0.414. The van der Waals surface area contributed by atoms with E-state index in [0.29, 0.717) is 29.5 Å². The Morgan fingerprint density at radius 2 is 2.04 bits per heavy atom. The minimum atomic E-state index is -3.59. The van der Waals surface area contributed by atoms with E-state index in [9.17, 15) is 8.42 Å². The number of hydrogen-bond donors (Lipinski definition) is 1. The third-order valence-corrected chi connectivity index (χ3v) is 4.90. The van der Waals surface area contributed by atoms with E-state index in [1.807, 2.05) is 13.8 Å². The molecule has 0 bridgehead atoms. The summed E-state index contributed by atoms with van der Waals surface area (Å²) in [5.74, 6) is 1.74. The zero-order valence-corrected chi connectivity index (χ0v) is 14.5. The van der Waals surface area contributed by atoms with Crippen LogP contribution in [0.4, 0.5) is 0 Å². The van der Waals surface area contributed by atoms with Gasteiger partial charge in [-0.15, -0.1) is 10.2 Å². The van der Waals surface area contributed by atoms with Crippen molar-refractivity contribution < 1.29 is 17.6 Å². The van der Waals surface area contributed by atoms with Gasteiger partial charge in [0.15, 0.2) is 0 Å². The average Bonchev–Trinajstić information content (AvgIpc) is 2.95. The van der Waals surface area contributed by atoms with E-state index in [1.54, 1.807) is 19.1 Å². The quantitative estimate of drug-likeness (QED) is 0.829. The van der Waals surface area contributed by atoms with Crippen LogP contribution in [0.1, 0.15) is 37.1 Å². The monoisotopic (exact) mass is 339 g/mol. The maximum absolute atomic E-state index is 12.3. The zero-order chi connectivity index (χ0) is 17.0. The summed E-state index contributed by atoms with van der Waals surface area (Å²) in [4.78, 5) is 0.228. The SMILES string of the molecule is COc1ccc(S(=O)(=O)NCCc2nnc(C(C)C)o2)c(C)c1. The molecular weight excluding hydrogens is 318 g/mol. The molecule has 1 heterocycles. The minimum absolute atomic E-state index is 0.148. The molecule has 2 rings (SSSR count). The van der Waals surface area contributed by atoms with Crippen LogP contribution in [-0.4, -0.2) is 32.3 Å². The summed E-state index contributed by atoms with van der Waals surface area (Å²) in [6.07, 6.45) is 0.341. The minimum Gasteiger partial charge on any atom is -0.497 e. The fraction of sp³-hybridized carbons (Fsp3) is 0.467. The van der Waals surface area contributed by atoms with E-state index in [-0.39, 0.29) is 17.4 Å². The Morgan fingerprint density at radius 1 is 1.30 bits per heavy atom. The van der Waals surface area contributed by atoms with Crippen LogP contribution in [0.15, 0.2) is 27.5 Å². The van der Waals surface area contributed by atoms with Crippen molar-refractivity contribution in [1.82, 2.24) is 14.9 Å². The molecule has 0 saturated carbocycles. The van der Waals surface area contributed by atoms with Crippen LogP contribution >= 0.6 is 0 Å². The van der Waals surface area contributed by atoms with Crippen molar-refractivity contribution in [2.75, 3.05) is 13.7 Å². The van der Waals surface area contributed by atoms with Crippen LogP contribution in [0.25, 0.3) is 0 Å². The fourth-order valence-electron chi connectivity index (χ4n) is 2.02. The van der Waals surface area contributed by atoms with Gasteiger partial charge in [-0.05, 0) is 30.7 Å². The summed E-state index contributed by atoms with van der Waals surface area (Å²) in [5, 5.41) is 7.82. The van der Waals surface area contributed by atoms with Gasteiger partial charge in [0, 0.05) is 18.9 Å². The first-order valence-corrected chi connectivity index (χ1v) is 8.78. The largest absolute Gasteiger partial charge is 0.497 e. The van der Waals surface area contributed by atoms with Crippen LogP contribution < -0.4 is 9.46 Å². The van der Waals surface area contributed by atoms with Gasteiger partial charge in [0.05, 0.1) is 12.0 Å². The van der Waals surface area contributed by atoms with Crippen LogP contribution in [0, 0.1) is 6.92 Å². The zero-order valence-electron chi connectivity index (χ0n) is 13.7. The van der Waals surface area contributed by atoms with Gasteiger partial charge < -0.3 is 9.15 Å². The van der Waals surface area contributed by atoms with Crippen LogP contribution in [-0.2, 0) is 16.4 Å². The number of aryl methyl sites for hydroxylation is 1. The highest BCUT2D eigenvalue weighted by atomic mass is 32.2. The van der Waals surface area contributed by atoms with Gasteiger partial charge in [-0.3, -0.25) is 0 Å². The standard InChI is InChI=1S/C15H21N3O4S/c1-10(2)15-18-17-14(22-15)7-8-16-23(19,20)13-6-5-12(21-4)9-11(13)3/h5-6,9-10,16H,7-8H2,1-4H3. The fourth-order valence-corrected chi connectivity index (χ4v) is 3.28. The normalized spacial score (nSPS) is 11.9. The molecule has 1 aromatic carbocycles. The van der Waals surface area contributed by atoms with Crippen molar-refractivity contribution in [3.63, 3.8) is 0 Å². The Bertz CT molecular complexity index is 769. The predicted octanol–water partition coefficient (Wildman–Crippen LogP) is 2.03. The molecule has 1 aromatic heterocycles. The molecule has 7 nitrogen and oxygen atoms in total. The summed E-state index contributed by atoms with van der Waals surface area (Å²) in [7, 11) is -2.05. The highest BCUT2D eigenvalue weighted by Crippen LogP contribution is 2.20. The first-order valence-electron chi connectivity index (χ1n) is 7.30. The highest BCUT2D eigenvalue weighted by Gasteiger charge is 2.17. The van der Waals surface area contributed by atoms with Gasteiger partial charge >= 0.3 is 0 Å². The molecule has 0 saturated heterocycles. The second kappa shape index (κ2) is 7.10. The number of aromatic nitrogens is 2. The number of sulfonamides is 1. The Kier molecular flexibility index (Phi) is 5.38. The molecule has 0 aliphatic heterocycles. The second-order valence-corrected chi connectivity index (χ2v) is 7.20. The molecule has 126 valence electrons. The summed E-state index contributed by atoms with van der Waals surface area (Å²) in [5.41, 5.74) is 0.622. The Labute approximate surface area is 136 Å². The Hall–Kier alpha value is -1.93. The van der Waals surface area contributed by atoms with E-state index in [1.165, 1.54) is 13.2 Å². The van der Waals surface area contributed by atoms with Crippen molar-refractivity contribution in [3.05, 3.63) is 35.5 Å². The average molecular weight is 339 g/mol. The molecule has 0 spiro atoms. The van der Waals surface area contributed by atoms with Gasteiger partial charge in [0.1, 0.15) is 5.75 Å². The topological polar surface area (TPSA) is 94.3 Å². The van der Waals surface area contributed by atoms with Crippen molar-refractivity contribution in [2.45, 2.75) is 38.0 Å². The van der Waals surface area contributed by atoms with E-state index in [4.69, 9.17) is 9.15 Å². The van der Waals surface area contributed by atoms with E-state index < -0.39 is 10.0 Å². The molecular formula is C15H21N3O4S. The first-order chi connectivity index (χ1) is 10.8. The molecule has 0 unspecified atom stereocenters. The number of nitrogens with zero attached hydrogens (tertiary/aromatic N) is 2. The second-order valence-electron chi connectivity index (χ2n) is 5.47. The van der Waals surface area contributed by atoms with Crippen molar-refractivity contribution in [2.24, 2.45) is 0 Å². The number of ether oxygens (including phenoxy) is 1. The molecule has 0 amide bonds. The summed E-state index contributed by atoms with van der Waals surface area (Å²) < 4.78 is 37.7. The first kappa shape index (κ1) is 17.4. The van der Waals surface area contributed by atoms with E-state index in [0.717, 1.165) is 0 Å². The lowest BCUT2D eigenvalue weighted by Gasteiger charge is -2.10. The summed E-state index contributed by atoms with van der Waals surface area (Å²) in [6, 6.07) is 4.83. The molecule has 0 radical (unpaired) electrons. The van der Waals surface area contributed by atoms with Gasteiger partial charge in [0.25, 0.3) is 0 Å². The van der Waals surface area contributed by atoms with Gasteiger partial charge in [-0.2, -0.15) is 0 Å². The van der Waals surface area contributed by atoms with E-state index >= 15 is 0 Å². The van der Waals surface area contributed by atoms with Crippen LogP contribution in [0.3, 0.4) is 0 Å². The molecule has 23 heavy (non-hydrogen) atoms. The van der Waals surface area contributed by atoms with Gasteiger partial charge in [0.2, 0.25) is 21.8 Å². The Balaban J connectivity index is 2.01. The lowest BCUT2D eigenvalue weighted by Crippen LogP contribution is -2.26. The molecule has 1 N–H and O–H groups in total. The van der Waals surface area contributed by atoms with Gasteiger partial charge in [-0.25, -0.2) is 13.1 Å². The van der Waals surface area contributed by atoms with E-state index in [2.05, 4.69) is 14.9 Å². The van der Waals surface area contributed by atoms with Crippen LogP contribution in [0.2, 0.25) is 0 Å². The predicted molar refractivity (Wildman–Crippen MR) is 85.0 cm³/mol. The maximum atomic E-state index is 12.3. The number of benzene rings is 1. The van der Waals surface area contributed by atoms with Crippen molar-refractivity contribution in [1.29, 1.82) is 0 Å². The molecule has 0 aliphatic carbocycles. The lowest BCUT2D eigenvalue weighted by atomic mass is 10.2. The smallest absolute Gasteiger partial charge is 0.240 e. The Morgan fingerprint density at radius 3 is 2.61 bits per heavy atom. The summed E-state index contributed by atoms with van der Waals surface area (Å²) >= 11 is 0. The number of hydrogen-bond acceptors (Lipinski definition) is 6. The number of nitrogens with one attached hydrogen (secondary N) is 1. The van der Waals surface area contributed by atoms with Crippen molar-refractivity contribution >= 4 is 10.0 Å². The molecule has 8 heteroatoms. The molecule has 0 aliphatic rings. The summed E-state index contributed by atoms with van der Waals surface area (Å²) in [6.45, 7) is 5.82. The maximum Gasteiger partial charge on any atom is 0.240 e. The molecule has 2 aromatic rings. The highest BCUT2D eigenvalue weighted by molar-refractivity contribution is 7.89. The third kappa shape index (κ3) is 4.29.